The van der Waals surface area contributed by atoms with E-state index in [1.807, 2.05) is 13.8 Å². The molecule has 1 atom stereocenters. The number of benzene rings is 1. The summed E-state index contributed by atoms with van der Waals surface area (Å²) in [6.07, 6.45) is 2.56. The van der Waals surface area contributed by atoms with Crippen molar-refractivity contribution < 1.29 is 14.5 Å². The third-order valence-corrected chi connectivity index (χ3v) is 5.81. The van der Waals surface area contributed by atoms with Crippen molar-refractivity contribution in [3.63, 3.8) is 0 Å². The van der Waals surface area contributed by atoms with Gasteiger partial charge in [-0.25, -0.2) is 4.98 Å². The van der Waals surface area contributed by atoms with E-state index in [4.69, 9.17) is 0 Å². The van der Waals surface area contributed by atoms with Crippen molar-refractivity contribution in [3.05, 3.63) is 86.9 Å². The summed E-state index contributed by atoms with van der Waals surface area (Å²) in [7, 11) is 0. The van der Waals surface area contributed by atoms with Gasteiger partial charge in [0.05, 0.1) is 4.92 Å². The average molecular weight is 432 g/mol. The number of hydrogen-bond donors (Lipinski definition) is 2. The van der Waals surface area contributed by atoms with E-state index in [2.05, 4.69) is 15.6 Å². The molecule has 1 aliphatic carbocycles. The number of non-ortho nitro benzene ring substituents is 1. The molecule has 8 nitrogen and oxygen atoms in total. The van der Waals surface area contributed by atoms with Gasteiger partial charge >= 0.3 is 0 Å². The van der Waals surface area contributed by atoms with Gasteiger partial charge in [-0.15, -0.1) is 0 Å². The zero-order chi connectivity index (χ0) is 23.0. The highest BCUT2D eigenvalue weighted by molar-refractivity contribution is 6.09. The molecule has 0 unspecified atom stereocenters. The fourth-order valence-electron chi connectivity index (χ4n) is 4.51. The first-order chi connectivity index (χ1) is 15.2. The molecular formula is C24H24N4O4. The molecule has 0 saturated carbocycles. The summed E-state index contributed by atoms with van der Waals surface area (Å²) >= 11 is 0. The molecule has 4 rings (SSSR count). The Hall–Kier alpha value is -3.81. The lowest BCUT2D eigenvalue weighted by Gasteiger charge is -2.39. The molecule has 0 radical (unpaired) electrons. The molecule has 0 bridgehead atoms. The van der Waals surface area contributed by atoms with Crippen molar-refractivity contribution in [1.29, 1.82) is 0 Å². The maximum absolute atomic E-state index is 13.4. The van der Waals surface area contributed by atoms with Gasteiger partial charge in [-0.3, -0.25) is 19.7 Å². The van der Waals surface area contributed by atoms with E-state index in [0.29, 0.717) is 41.1 Å². The minimum atomic E-state index is -0.710. The predicted molar refractivity (Wildman–Crippen MR) is 120 cm³/mol. The fraction of sp³-hybridized carbons (Fsp3) is 0.292. The molecule has 2 aromatic rings. The molecular weight excluding hydrogens is 408 g/mol. The Morgan fingerprint density at radius 1 is 1.22 bits per heavy atom. The lowest BCUT2D eigenvalue weighted by molar-refractivity contribution is -0.384. The number of nitrogens with zero attached hydrogens (tertiary/aromatic N) is 2. The van der Waals surface area contributed by atoms with Crippen molar-refractivity contribution >= 4 is 23.2 Å². The van der Waals surface area contributed by atoms with Crippen LogP contribution in [0.1, 0.15) is 45.1 Å². The van der Waals surface area contributed by atoms with Crippen LogP contribution in [-0.2, 0) is 9.59 Å². The van der Waals surface area contributed by atoms with Crippen LogP contribution in [0.5, 0.6) is 0 Å². The van der Waals surface area contributed by atoms with Gasteiger partial charge in [-0.2, -0.15) is 0 Å². The normalized spacial score (nSPS) is 19.8. The molecule has 0 saturated heterocycles. The van der Waals surface area contributed by atoms with Crippen LogP contribution < -0.4 is 10.6 Å². The van der Waals surface area contributed by atoms with Crippen LogP contribution in [0.25, 0.3) is 0 Å². The summed E-state index contributed by atoms with van der Waals surface area (Å²) in [5, 5.41) is 17.5. The van der Waals surface area contributed by atoms with Gasteiger partial charge in [-0.1, -0.05) is 32.0 Å². The number of Topliss-reactive ketones (excluding diaryl/α,β-unsaturated/α-hetero) is 1. The Morgan fingerprint density at radius 3 is 2.69 bits per heavy atom. The van der Waals surface area contributed by atoms with E-state index < -0.39 is 16.7 Å². The number of anilines is 1. The summed E-state index contributed by atoms with van der Waals surface area (Å²) < 4.78 is 0. The SMILES string of the molecule is CC1=C(C(=O)Nc2ccccn2)[C@H](c2cccc([N+](=O)[O-])c2)C2=C(CC(C)(C)CC2=O)N1. The van der Waals surface area contributed by atoms with E-state index in [9.17, 15) is 19.7 Å². The maximum atomic E-state index is 13.4. The summed E-state index contributed by atoms with van der Waals surface area (Å²) in [6.45, 7) is 5.84. The van der Waals surface area contributed by atoms with Gasteiger partial charge in [0.15, 0.2) is 5.78 Å². The topological polar surface area (TPSA) is 114 Å². The largest absolute Gasteiger partial charge is 0.362 e. The minimum Gasteiger partial charge on any atom is -0.362 e. The van der Waals surface area contributed by atoms with Crippen LogP contribution in [0, 0.1) is 15.5 Å². The van der Waals surface area contributed by atoms with Crippen LogP contribution in [0.4, 0.5) is 11.5 Å². The summed E-state index contributed by atoms with van der Waals surface area (Å²) in [5.41, 5.74) is 2.46. The number of hydrogen-bond acceptors (Lipinski definition) is 6. The Morgan fingerprint density at radius 2 is 2.00 bits per heavy atom. The van der Waals surface area contributed by atoms with Crippen molar-refractivity contribution in [3.8, 4) is 0 Å². The second-order valence-electron chi connectivity index (χ2n) is 8.95. The third kappa shape index (κ3) is 4.03. The Balaban J connectivity index is 1.85. The molecule has 2 aliphatic rings. The lowest BCUT2D eigenvalue weighted by Crippen LogP contribution is -2.39. The number of pyridine rings is 1. The molecule has 0 spiro atoms. The number of allylic oxidation sites excluding steroid dienone is 3. The van der Waals surface area contributed by atoms with Crippen molar-refractivity contribution in [2.45, 2.75) is 39.5 Å². The number of dihydropyridines is 1. The molecule has 2 N–H and O–H groups in total. The molecule has 1 aromatic carbocycles. The minimum absolute atomic E-state index is 0.0594. The number of amides is 1. The maximum Gasteiger partial charge on any atom is 0.269 e. The molecule has 1 aromatic heterocycles. The van der Waals surface area contributed by atoms with E-state index in [1.165, 1.54) is 12.1 Å². The van der Waals surface area contributed by atoms with Gasteiger partial charge in [-0.05, 0) is 36.5 Å². The molecule has 32 heavy (non-hydrogen) atoms. The molecule has 0 fully saturated rings. The van der Waals surface area contributed by atoms with Crippen molar-refractivity contribution in [1.82, 2.24) is 10.3 Å². The number of ketones is 1. The van der Waals surface area contributed by atoms with Crippen LogP contribution in [-0.4, -0.2) is 21.6 Å². The van der Waals surface area contributed by atoms with Gasteiger partial charge in [0.2, 0.25) is 0 Å². The highest BCUT2D eigenvalue weighted by Gasteiger charge is 2.43. The third-order valence-electron chi connectivity index (χ3n) is 5.81. The van der Waals surface area contributed by atoms with Crippen LogP contribution in [0.2, 0.25) is 0 Å². The lowest BCUT2D eigenvalue weighted by atomic mass is 9.68. The summed E-state index contributed by atoms with van der Waals surface area (Å²) in [4.78, 5) is 41.7. The highest BCUT2D eigenvalue weighted by Crippen LogP contribution is 2.47. The molecule has 2 heterocycles. The number of nitro benzene ring substituents is 1. The predicted octanol–water partition coefficient (Wildman–Crippen LogP) is 4.23. The standard InChI is InChI=1S/C24H24N4O4/c1-14-20(23(30)27-19-9-4-5-10-25-19)21(15-7-6-8-16(11-15)28(31)32)22-17(26-14)12-24(2,3)13-18(22)29/h4-11,21,26H,12-13H2,1-3H3,(H,25,27,30)/t21-/m0/s1. The van der Waals surface area contributed by atoms with Gasteiger partial charge in [0.25, 0.3) is 11.6 Å². The molecule has 8 heteroatoms. The molecule has 1 aliphatic heterocycles. The first-order valence-electron chi connectivity index (χ1n) is 10.4. The molecule has 1 amide bonds. The van der Waals surface area contributed by atoms with Crippen molar-refractivity contribution in [2.24, 2.45) is 5.41 Å². The zero-order valence-corrected chi connectivity index (χ0v) is 18.1. The first-order valence-corrected chi connectivity index (χ1v) is 10.4. The number of nitrogens with one attached hydrogen (secondary N) is 2. The smallest absolute Gasteiger partial charge is 0.269 e. The second kappa shape index (κ2) is 8.03. The fourth-order valence-corrected chi connectivity index (χ4v) is 4.51. The van der Waals surface area contributed by atoms with E-state index >= 15 is 0 Å². The number of carbonyl (C=O) groups excluding carboxylic acids is 2. The summed E-state index contributed by atoms with van der Waals surface area (Å²) in [6, 6.07) is 11.3. The van der Waals surface area contributed by atoms with Gasteiger partial charge < -0.3 is 10.6 Å². The number of carbonyl (C=O) groups is 2. The van der Waals surface area contributed by atoms with Crippen LogP contribution in [0.3, 0.4) is 0 Å². The average Bonchev–Trinajstić information content (AvgIpc) is 2.72. The Bertz CT molecular complexity index is 1180. The van der Waals surface area contributed by atoms with Gasteiger partial charge in [0, 0.05) is 53.2 Å². The zero-order valence-electron chi connectivity index (χ0n) is 18.1. The van der Waals surface area contributed by atoms with Crippen molar-refractivity contribution in [2.75, 3.05) is 5.32 Å². The van der Waals surface area contributed by atoms with E-state index in [0.717, 1.165) is 5.70 Å². The summed E-state index contributed by atoms with van der Waals surface area (Å²) in [5.74, 6) is -0.796. The first kappa shape index (κ1) is 21.4. The second-order valence-corrected chi connectivity index (χ2v) is 8.95. The Labute approximate surface area is 185 Å². The Kier molecular flexibility index (Phi) is 5.38. The monoisotopic (exact) mass is 432 g/mol. The van der Waals surface area contributed by atoms with E-state index in [-0.39, 0.29) is 16.9 Å². The number of nitro groups is 1. The van der Waals surface area contributed by atoms with Crippen LogP contribution in [0.15, 0.2) is 71.2 Å². The highest BCUT2D eigenvalue weighted by atomic mass is 16.6. The number of rotatable bonds is 4. The van der Waals surface area contributed by atoms with E-state index in [1.54, 1.807) is 43.5 Å². The quantitative estimate of drug-likeness (QED) is 0.552. The molecule has 164 valence electrons. The number of aromatic nitrogens is 1. The van der Waals surface area contributed by atoms with Crippen LogP contribution >= 0.6 is 0 Å². The van der Waals surface area contributed by atoms with Gasteiger partial charge in [0.1, 0.15) is 5.82 Å².